The maximum Gasteiger partial charge on any atom is 0.261 e. The molecular weight excluding hydrogens is 408 g/mol. The lowest BCUT2D eigenvalue weighted by Gasteiger charge is -2.23. The molecule has 0 radical (unpaired) electrons. The van der Waals surface area contributed by atoms with E-state index in [4.69, 9.17) is 5.73 Å². The Bertz CT molecular complexity index is 1190. The van der Waals surface area contributed by atoms with E-state index < -0.39 is 11.9 Å². The lowest BCUT2D eigenvalue weighted by atomic mass is 10.1. The molecule has 162 valence electrons. The van der Waals surface area contributed by atoms with Crippen LogP contribution in [0.1, 0.15) is 28.8 Å². The second kappa shape index (κ2) is 9.25. The maximum atomic E-state index is 12.8. The highest BCUT2D eigenvalue weighted by Gasteiger charge is 2.33. The number of fused-ring (bicyclic) bond motifs is 1. The van der Waals surface area contributed by atoms with Crippen LogP contribution in [0.25, 0.3) is 17.1 Å². The van der Waals surface area contributed by atoms with Gasteiger partial charge >= 0.3 is 0 Å². The first-order valence-electron chi connectivity index (χ1n) is 10.2. The maximum absolute atomic E-state index is 12.8. The second-order valence-electron chi connectivity index (χ2n) is 7.35. The number of nitrogens with two attached hydrogens (primary N) is 1. The van der Waals surface area contributed by atoms with Crippen LogP contribution in [0.2, 0.25) is 0 Å². The van der Waals surface area contributed by atoms with Gasteiger partial charge in [-0.3, -0.25) is 35.2 Å². The molecule has 2 aromatic heterocycles. The Hall–Kier alpha value is -4.27. The molecule has 1 aromatic carbocycles. The number of hydrazine groups is 1. The summed E-state index contributed by atoms with van der Waals surface area (Å²) in [4.78, 5) is 46.7. The summed E-state index contributed by atoms with van der Waals surface area (Å²) in [7, 11) is 0. The number of hydrogen-bond acceptors (Lipinski definition) is 6. The molecule has 1 aliphatic rings. The molecule has 3 aromatic rings. The molecule has 3 heterocycles. The van der Waals surface area contributed by atoms with Gasteiger partial charge in [-0.05, 0) is 54.8 Å². The van der Waals surface area contributed by atoms with E-state index in [-0.39, 0.29) is 11.8 Å². The average molecular weight is 430 g/mol. The minimum Gasteiger partial charge on any atom is -0.366 e. The Kier molecular flexibility index (Phi) is 6.07. The number of nitrogens with zero attached hydrogens (tertiary/aromatic N) is 3. The van der Waals surface area contributed by atoms with Crippen molar-refractivity contribution in [1.82, 2.24) is 20.3 Å². The Morgan fingerprint density at radius 2 is 1.88 bits per heavy atom. The summed E-state index contributed by atoms with van der Waals surface area (Å²) in [6, 6.07) is 11.4. The first-order chi connectivity index (χ1) is 15.5. The van der Waals surface area contributed by atoms with Gasteiger partial charge in [0.2, 0.25) is 11.8 Å². The van der Waals surface area contributed by atoms with Crippen molar-refractivity contribution < 1.29 is 14.4 Å². The zero-order valence-corrected chi connectivity index (χ0v) is 17.2. The molecule has 9 nitrogen and oxygen atoms in total. The summed E-state index contributed by atoms with van der Waals surface area (Å²) in [6.45, 7) is 0.502. The Labute approximate surface area is 184 Å². The number of hydrogen-bond donors (Lipinski definition) is 3. The molecule has 0 saturated carbocycles. The largest absolute Gasteiger partial charge is 0.366 e. The molecule has 1 aliphatic heterocycles. The highest BCUT2D eigenvalue weighted by atomic mass is 16.2. The number of carbonyl (C=O) groups is 3. The van der Waals surface area contributed by atoms with Crippen LogP contribution in [0.4, 0.5) is 5.69 Å². The number of carbonyl (C=O) groups excluding carboxylic acids is 3. The number of pyridine rings is 2. The third-order valence-electron chi connectivity index (χ3n) is 5.27. The number of rotatable bonds is 6. The van der Waals surface area contributed by atoms with Gasteiger partial charge in [-0.25, -0.2) is 0 Å². The summed E-state index contributed by atoms with van der Waals surface area (Å²) in [6.07, 6.45) is 7.68. The SMILES string of the molecule is NC(=O)c1ccc(/C=C/C(=O)N2CCCC2C(=O)NNc2ccnc3cccnc23)cc1. The minimum absolute atomic E-state index is 0.252. The fourth-order valence-corrected chi connectivity index (χ4v) is 3.62. The zero-order valence-electron chi connectivity index (χ0n) is 17.2. The predicted octanol–water partition coefficient (Wildman–Crippen LogP) is 1.88. The Morgan fingerprint density at radius 3 is 2.66 bits per heavy atom. The predicted molar refractivity (Wildman–Crippen MR) is 120 cm³/mol. The number of likely N-dealkylation sites (tertiary alicyclic amines) is 1. The van der Waals surface area contributed by atoms with Crippen LogP contribution in [-0.4, -0.2) is 45.2 Å². The van der Waals surface area contributed by atoms with Gasteiger partial charge in [-0.2, -0.15) is 0 Å². The van der Waals surface area contributed by atoms with Gasteiger partial charge in [0.25, 0.3) is 5.91 Å². The van der Waals surface area contributed by atoms with Gasteiger partial charge in [0.15, 0.2) is 0 Å². The molecule has 1 fully saturated rings. The summed E-state index contributed by atoms with van der Waals surface area (Å²) < 4.78 is 0. The van der Waals surface area contributed by atoms with Crippen molar-refractivity contribution in [1.29, 1.82) is 0 Å². The number of aromatic nitrogens is 2. The summed E-state index contributed by atoms with van der Waals surface area (Å²) in [5.41, 5.74) is 13.9. The lowest BCUT2D eigenvalue weighted by molar-refractivity contribution is -0.134. The van der Waals surface area contributed by atoms with E-state index in [0.717, 1.165) is 12.0 Å². The van der Waals surface area contributed by atoms with E-state index in [2.05, 4.69) is 20.8 Å². The van der Waals surface area contributed by atoms with Gasteiger partial charge in [0, 0.05) is 30.6 Å². The number of benzene rings is 1. The molecule has 32 heavy (non-hydrogen) atoms. The third kappa shape index (κ3) is 4.56. The topological polar surface area (TPSA) is 130 Å². The Balaban J connectivity index is 1.39. The van der Waals surface area contributed by atoms with Crippen molar-refractivity contribution in [3.63, 3.8) is 0 Å². The third-order valence-corrected chi connectivity index (χ3v) is 5.27. The smallest absolute Gasteiger partial charge is 0.261 e. The van der Waals surface area contributed by atoms with Crippen LogP contribution in [0.5, 0.6) is 0 Å². The van der Waals surface area contributed by atoms with Crippen LogP contribution in [0, 0.1) is 0 Å². The van der Waals surface area contributed by atoms with Gasteiger partial charge in [-0.1, -0.05) is 12.1 Å². The van der Waals surface area contributed by atoms with Crippen molar-refractivity contribution in [3.8, 4) is 0 Å². The van der Waals surface area contributed by atoms with Crippen molar-refractivity contribution >= 4 is 40.5 Å². The number of nitrogens with one attached hydrogen (secondary N) is 2. The fourth-order valence-electron chi connectivity index (χ4n) is 3.62. The number of anilines is 1. The standard InChI is InChI=1S/C23H22N6O3/c24-22(31)16-8-5-15(6-9-16)7-10-20(30)29-14-2-4-19(29)23(32)28-27-18-11-13-25-17-3-1-12-26-21(17)18/h1,3,5-13,19H,2,4,14H2,(H2,24,31)(H,25,27)(H,28,32)/b10-7+. The molecule has 9 heteroatoms. The fraction of sp³-hybridized carbons (Fsp3) is 0.174. The van der Waals surface area contributed by atoms with E-state index in [1.165, 1.54) is 6.08 Å². The molecule has 3 amide bonds. The first kappa shape index (κ1) is 21.0. The van der Waals surface area contributed by atoms with E-state index in [0.29, 0.717) is 35.2 Å². The molecule has 0 bridgehead atoms. The van der Waals surface area contributed by atoms with Gasteiger partial charge in [0.05, 0.1) is 11.2 Å². The van der Waals surface area contributed by atoms with Crippen molar-refractivity contribution in [3.05, 3.63) is 72.1 Å². The van der Waals surface area contributed by atoms with Crippen molar-refractivity contribution in [2.45, 2.75) is 18.9 Å². The normalized spacial score (nSPS) is 15.8. The van der Waals surface area contributed by atoms with Crippen LogP contribution < -0.4 is 16.6 Å². The average Bonchev–Trinajstić information content (AvgIpc) is 3.31. The zero-order chi connectivity index (χ0) is 22.5. The second-order valence-corrected chi connectivity index (χ2v) is 7.35. The van der Waals surface area contributed by atoms with Gasteiger partial charge in [-0.15, -0.1) is 0 Å². The molecule has 4 N–H and O–H groups in total. The van der Waals surface area contributed by atoms with Gasteiger partial charge in [0.1, 0.15) is 11.6 Å². The molecule has 0 aliphatic carbocycles. The molecule has 1 unspecified atom stereocenters. The van der Waals surface area contributed by atoms with Crippen molar-refractivity contribution in [2.75, 3.05) is 12.0 Å². The first-order valence-corrected chi connectivity index (χ1v) is 10.2. The summed E-state index contributed by atoms with van der Waals surface area (Å²) in [5, 5.41) is 0. The highest BCUT2D eigenvalue weighted by molar-refractivity contribution is 5.97. The van der Waals surface area contributed by atoms with Crippen LogP contribution >= 0.6 is 0 Å². The molecule has 4 rings (SSSR count). The van der Waals surface area contributed by atoms with Crippen LogP contribution in [-0.2, 0) is 9.59 Å². The molecule has 1 saturated heterocycles. The van der Waals surface area contributed by atoms with E-state index in [1.54, 1.807) is 59.8 Å². The molecular formula is C23H22N6O3. The van der Waals surface area contributed by atoms with Crippen molar-refractivity contribution in [2.24, 2.45) is 5.73 Å². The van der Waals surface area contributed by atoms with E-state index in [1.807, 2.05) is 6.07 Å². The lowest BCUT2D eigenvalue weighted by Crippen LogP contribution is -2.47. The quantitative estimate of drug-likeness (QED) is 0.404. The summed E-state index contributed by atoms with van der Waals surface area (Å²) in [5.74, 6) is -1.06. The monoisotopic (exact) mass is 430 g/mol. The van der Waals surface area contributed by atoms with E-state index >= 15 is 0 Å². The van der Waals surface area contributed by atoms with Gasteiger partial charge < -0.3 is 10.6 Å². The highest BCUT2D eigenvalue weighted by Crippen LogP contribution is 2.20. The minimum atomic E-state index is -0.571. The summed E-state index contributed by atoms with van der Waals surface area (Å²) >= 11 is 0. The van der Waals surface area contributed by atoms with Crippen LogP contribution in [0.15, 0.2) is 60.9 Å². The molecule has 0 spiro atoms. The van der Waals surface area contributed by atoms with Crippen LogP contribution in [0.3, 0.4) is 0 Å². The molecule has 1 atom stereocenters. The van der Waals surface area contributed by atoms with E-state index in [9.17, 15) is 14.4 Å². The Morgan fingerprint density at radius 1 is 1.06 bits per heavy atom. The number of primary amides is 1. The number of amides is 3.